The molecule has 1 aliphatic rings. The third kappa shape index (κ3) is 2.52. The molecule has 1 aromatic carbocycles. The molecule has 6 heteroatoms. The number of pyridine rings is 1. The van der Waals surface area contributed by atoms with Gasteiger partial charge in [0.05, 0.1) is 22.7 Å². The van der Waals surface area contributed by atoms with Crippen molar-refractivity contribution < 1.29 is 9.31 Å². The Morgan fingerprint density at radius 3 is 2.36 bits per heavy atom. The molecule has 116 valence electrons. The Morgan fingerprint density at radius 2 is 1.73 bits per heavy atom. The van der Waals surface area contributed by atoms with Crippen LogP contribution in [0.25, 0.3) is 10.9 Å². The molecule has 1 aromatic heterocycles. The number of hydrogen-bond acceptors (Lipinski definition) is 4. The van der Waals surface area contributed by atoms with Crippen molar-refractivity contribution in [3.05, 3.63) is 41.0 Å². The van der Waals surface area contributed by atoms with Crippen LogP contribution in [0.15, 0.2) is 30.3 Å². The van der Waals surface area contributed by atoms with Crippen LogP contribution in [0, 0.1) is 0 Å². The zero-order chi connectivity index (χ0) is 16.1. The average Bonchev–Trinajstić information content (AvgIpc) is 2.66. The lowest BCUT2D eigenvalue weighted by atomic mass is 9.75. The van der Waals surface area contributed by atoms with Crippen LogP contribution in [0.3, 0.4) is 0 Å². The summed E-state index contributed by atoms with van der Waals surface area (Å²) in [6.07, 6.45) is 0. The average molecular weight is 319 g/mol. The Labute approximate surface area is 136 Å². The molecule has 2 N–H and O–H groups in total. The predicted molar refractivity (Wildman–Crippen MR) is 89.8 cm³/mol. The number of nitrogens with two attached hydrogens (primary N) is 1. The van der Waals surface area contributed by atoms with E-state index >= 15 is 0 Å². The summed E-state index contributed by atoms with van der Waals surface area (Å²) >= 11 is 6.32. The second-order valence-electron chi connectivity index (χ2n) is 6.71. The number of nitrogens with zero attached hydrogens (tertiary/aromatic N) is 1. The number of aromatic nitrogens is 1. The van der Waals surface area contributed by atoms with Gasteiger partial charge in [0.25, 0.3) is 0 Å². The quantitative estimate of drug-likeness (QED) is 0.680. The van der Waals surface area contributed by atoms with Crippen LogP contribution in [-0.4, -0.2) is 23.3 Å². The molecule has 0 radical (unpaired) electrons. The van der Waals surface area contributed by atoms with Crippen LogP contribution in [-0.2, 0) is 9.31 Å². The third-order valence-electron chi connectivity index (χ3n) is 4.63. The van der Waals surface area contributed by atoms with Gasteiger partial charge in [0, 0.05) is 10.9 Å². The van der Waals surface area contributed by atoms with E-state index in [0.717, 1.165) is 16.5 Å². The van der Waals surface area contributed by atoms with Crippen molar-refractivity contribution in [1.29, 1.82) is 0 Å². The minimum atomic E-state index is -0.550. The molecule has 3 rings (SSSR count). The summed E-state index contributed by atoms with van der Waals surface area (Å²) in [7, 11) is -0.550. The van der Waals surface area contributed by atoms with Gasteiger partial charge < -0.3 is 15.0 Å². The Kier molecular flexibility index (Phi) is 3.72. The van der Waals surface area contributed by atoms with E-state index < -0.39 is 24.3 Å². The van der Waals surface area contributed by atoms with Crippen molar-refractivity contribution in [3.8, 4) is 0 Å². The predicted octanol–water partition coefficient (Wildman–Crippen LogP) is 3.52. The van der Waals surface area contributed by atoms with Gasteiger partial charge in [-0.3, -0.25) is 0 Å². The molecule has 22 heavy (non-hydrogen) atoms. The first-order chi connectivity index (χ1) is 10.2. The second-order valence-corrected chi connectivity index (χ2v) is 7.07. The molecule has 0 spiro atoms. The van der Waals surface area contributed by atoms with Crippen LogP contribution in [0.5, 0.6) is 0 Å². The molecule has 0 amide bonds. The Hall–Kier alpha value is -1.14. The summed E-state index contributed by atoms with van der Waals surface area (Å²) in [5, 5.41) is 1.38. The van der Waals surface area contributed by atoms with E-state index in [1.54, 1.807) is 0 Å². The third-order valence-corrected chi connectivity index (χ3v) is 4.93. The molecule has 2 heterocycles. The highest BCUT2D eigenvalue weighted by Crippen LogP contribution is 2.40. The highest BCUT2D eigenvalue weighted by atomic mass is 35.5. The first kappa shape index (κ1) is 15.7. The normalized spacial score (nSPS) is 21.3. The van der Waals surface area contributed by atoms with E-state index in [0.29, 0.717) is 5.15 Å². The maximum absolute atomic E-state index is 6.36. The van der Waals surface area contributed by atoms with Crippen molar-refractivity contribution in [3.63, 3.8) is 0 Å². The Bertz CT molecular complexity index is 704. The Balaban J connectivity index is 1.96. The fraction of sp³-hybridized carbons (Fsp3) is 0.438. The molecule has 1 aliphatic heterocycles. The van der Waals surface area contributed by atoms with Gasteiger partial charge in [-0.2, -0.15) is 0 Å². The standard InChI is InChI=1S/C16H20BClN2O2/c1-15(2)16(3,4)22-17(21-15)13(19)11-9-10-7-5-6-8-12(10)20-14(11)18/h5-9,13H,19H2,1-4H3/t13-/m0/s1. The number of rotatable bonds is 2. The monoisotopic (exact) mass is 318 g/mol. The maximum atomic E-state index is 6.36. The van der Waals surface area contributed by atoms with E-state index in [4.69, 9.17) is 26.6 Å². The van der Waals surface area contributed by atoms with Gasteiger partial charge in [-0.15, -0.1) is 0 Å². The molecular formula is C16H20BClN2O2. The molecule has 0 bridgehead atoms. The maximum Gasteiger partial charge on any atom is 0.480 e. The van der Waals surface area contributed by atoms with E-state index in [-0.39, 0.29) is 0 Å². The summed E-state index contributed by atoms with van der Waals surface area (Å²) < 4.78 is 12.0. The summed E-state index contributed by atoms with van der Waals surface area (Å²) in [5.41, 5.74) is 7.09. The molecule has 1 fully saturated rings. The molecular weight excluding hydrogens is 298 g/mol. The number of hydrogen-bond donors (Lipinski definition) is 1. The fourth-order valence-electron chi connectivity index (χ4n) is 2.52. The lowest BCUT2D eigenvalue weighted by Gasteiger charge is -2.32. The summed E-state index contributed by atoms with van der Waals surface area (Å²) in [4.78, 5) is 4.42. The molecule has 0 unspecified atom stereocenters. The molecule has 0 saturated carbocycles. The molecule has 2 aromatic rings. The van der Waals surface area contributed by atoms with Crippen molar-refractivity contribution in [2.75, 3.05) is 0 Å². The van der Waals surface area contributed by atoms with Crippen molar-refractivity contribution in [2.45, 2.75) is 44.8 Å². The Morgan fingerprint density at radius 1 is 1.14 bits per heavy atom. The molecule has 1 atom stereocenters. The fourth-order valence-corrected chi connectivity index (χ4v) is 2.80. The minimum Gasteiger partial charge on any atom is -0.402 e. The van der Waals surface area contributed by atoms with Crippen molar-refractivity contribution >= 4 is 29.6 Å². The zero-order valence-electron chi connectivity index (χ0n) is 13.3. The van der Waals surface area contributed by atoms with Crippen molar-refractivity contribution in [2.24, 2.45) is 5.73 Å². The van der Waals surface area contributed by atoms with Gasteiger partial charge in [0.2, 0.25) is 0 Å². The highest BCUT2D eigenvalue weighted by Gasteiger charge is 2.53. The van der Waals surface area contributed by atoms with E-state index in [9.17, 15) is 0 Å². The summed E-state index contributed by atoms with van der Waals surface area (Å²) in [6.45, 7) is 8.00. The smallest absolute Gasteiger partial charge is 0.402 e. The highest BCUT2D eigenvalue weighted by molar-refractivity contribution is 6.48. The molecule has 1 saturated heterocycles. The van der Waals surface area contributed by atoms with Crippen LogP contribution < -0.4 is 5.73 Å². The van der Waals surface area contributed by atoms with Gasteiger partial charge in [-0.25, -0.2) is 4.98 Å². The first-order valence-corrected chi connectivity index (χ1v) is 7.75. The summed E-state index contributed by atoms with van der Waals surface area (Å²) in [5.74, 6) is -0.495. The van der Waals surface area contributed by atoms with Crippen LogP contribution in [0.1, 0.15) is 39.2 Å². The minimum absolute atomic E-state index is 0.390. The lowest BCUT2D eigenvalue weighted by Crippen LogP contribution is -2.41. The van der Waals surface area contributed by atoms with Gasteiger partial charge in [-0.05, 0) is 39.8 Å². The van der Waals surface area contributed by atoms with E-state index in [2.05, 4.69) is 4.98 Å². The number of para-hydroxylation sites is 1. The zero-order valence-corrected chi connectivity index (χ0v) is 14.0. The van der Waals surface area contributed by atoms with Crippen molar-refractivity contribution in [1.82, 2.24) is 4.98 Å². The van der Waals surface area contributed by atoms with Gasteiger partial charge >= 0.3 is 7.12 Å². The first-order valence-electron chi connectivity index (χ1n) is 7.38. The lowest BCUT2D eigenvalue weighted by molar-refractivity contribution is 0.00578. The van der Waals surface area contributed by atoms with E-state index in [1.165, 1.54) is 0 Å². The second kappa shape index (κ2) is 5.20. The van der Waals surface area contributed by atoms with Crippen LogP contribution in [0.2, 0.25) is 5.15 Å². The van der Waals surface area contributed by atoms with Gasteiger partial charge in [0.1, 0.15) is 5.15 Å². The number of halogens is 1. The van der Waals surface area contributed by atoms with E-state index in [1.807, 2.05) is 58.0 Å². The SMILES string of the molecule is CC1(C)OB([C@@H](N)c2cc3ccccc3nc2Cl)OC1(C)C. The number of fused-ring (bicyclic) bond motifs is 1. The molecule has 0 aliphatic carbocycles. The van der Waals surface area contributed by atoms with Gasteiger partial charge in [-0.1, -0.05) is 29.8 Å². The van der Waals surface area contributed by atoms with Gasteiger partial charge in [0.15, 0.2) is 0 Å². The van der Waals surface area contributed by atoms with Crippen LogP contribution in [0.4, 0.5) is 0 Å². The molecule has 4 nitrogen and oxygen atoms in total. The largest absolute Gasteiger partial charge is 0.480 e. The number of benzene rings is 1. The van der Waals surface area contributed by atoms with Crippen LogP contribution >= 0.6 is 11.6 Å². The summed E-state index contributed by atoms with van der Waals surface area (Å²) in [6, 6.07) is 9.76. The topological polar surface area (TPSA) is 57.4 Å².